The van der Waals surface area contributed by atoms with Gasteiger partial charge < -0.3 is 20.1 Å². The molecule has 3 rings (SSSR count). The number of hydrogen-bond donors (Lipinski definition) is 2. The van der Waals surface area contributed by atoms with Gasteiger partial charge in [0.2, 0.25) is 5.91 Å². The molecule has 1 amide bonds. The summed E-state index contributed by atoms with van der Waals surface area (Å²) in [6.45, 7) is -0.128. The van der Waals surface area contributed by atoms with Gasteiger partial charge in [-0.1, -0.05) is 12.8 Å². The van der Waals surface area contributed by atoms with E-state index in [-0.39, 0.29) is 31.0 Å². The molecule has 2 N–H and O–H groups in total. The molecule has 1 saturated carbocycles. The Hall–Kier alpha value is -1.79. The summed E-state index contributed by atoms with van der Waals surface area (Å²) in [6, 6.07) is 7.39. The van der Waals surface area contributed by atoms with Crippen molar-refractivity contribution in [1.82, 2.24) is 5.32 Å². The van der Waals surface area contributed by atoms with Crippen molar-refractivity contribution in [3.05, 3.63) is 24.3 Å². The summed E-state index contributed by atoms with van der Waals surface area (Å²) in [6.07, 6.45) is 5.88. The molecule has 1 heterocycles. The Labute approximate surface area is 154 Å². The second-order valence-corrected chi connectivity index (χ2v) is 6.48. The molecule has 0 radical (unpaired) electrons. The highest BCUT2D eigenvalue weighted by Crippen LogP contribution is 2.33. The van der Waals surface area contributed by atoms with Crippen molar-refractivity contribution in [2.45, 2.75) is 44.2 Å². The number of methoxy groups -OCH3 is 1. The van der Waals surface area contributed by atoms with E-state index in [9.17, 15) is 9.59 Å². The first-order valence-electron chi connectivity index (χ1n) is 8.52. The van der Waals surface area contributed by atoms with Crippen molar-refractivity contribution in [3.63, 3.8) is 0 Å². The van der Waals surface area contributed by atoms with Crippen LogP contribution in [-0.4, -0.2) is 37.7 Å². The molecule has 3 atom stereocenters. The maximum Gasteiger partial charge on any atom is 0.343 e. The lowest BCUT2D eigenvalue weighted by Crippen LogP contribution is -2.39. The fourth-order valence-corrected chi connectivity index (χ4v) is 3.59. The highest BCUT2D eigenvalue weighted by Gasteiger charge is 2.38. The van der Waals surface area contributed by atoms with Crippen LogP contribution in [0.15, 0.2) is 24.3 Å². The molecule has 3 unspecified atom stereocenters. The van der Waals surface area contributed by atoms with E-state index in [2.05, 4.69) is 15.4 Å². The van der Waals surface area contributed by atoms with Crippen LogP contribution in [-0.2, 0) is 14.3 Å². The number of hydrogen-bond acceptors (Lipinski definition) is 5. The Morgan fingerprint density at radius 3 is 2.60 bits per heavy atom. The SMILES string of the molecule is COC(=O)COc1ccc(NC(=O)C2CC3CCCCC3N2)cc1.Cl. The predicted molar refractivity (Wildman–Crippen MR) is 97.1 cm³/mol. The Morgan fingerprint density at radius 1 is 1.20 bits per heavy atom. The lowest BCUT2D eigenvalue weighted by atomic mass is 9.85. The minimum Gasteiger partial charge on any atom is -0.482 e. The molecule has 7 heteroatoms. The van der Waals surface area contributed by atoms with Crippen LogP contribution in [0.2, 0.25) is 0 Å². The molecule has 1 aliphatic carbocycles. The molecule has 0 aromatic heterocycles. The Bertz CT molecular complexity index is 579. The summed E-state index contributed by atoms with van der Waals surface area (Å²) >= 11 is 0. The molecular weight excluding hydrogens is 344 g/mol. The second-order valence-electron chi connectivity index (χ2n) is 6.48. The average Bonchev–Trinajstić information content (AvgIpc) is 3.05. The number of nitrogens with one attached hydrogen (secondary N) is 2. The van der Waals surface area contributed by atoms with Crippen LogP contribution < -0.4 is 15.4 Å². The summed E-state index contributed by atoms with van der Waals surface area (Å²) in [5, 5.41) is 6.42. The fraction of sp³-hybridized carbons (Fsp3) is 0.556. The predicted octanol–water partition coefficient (Wildman–Crippen LogP) is 2.52. The smallest absolute Gasteiger partial charge is 0.343 e. The minimum absolute atomic E-state index is 0. The second kappa shape index (κ2) is 9.06. The molecule has 2 aliphatic rings. The normalized spacial score (nSPS) is 24.6. The van der Waals surface area contributed by atoms with Crippen LogP contribution in [0.4, 0.5) is 5.69 Å². The Balaban J connectivity index is 0.00000225. The van der Waals surface area contributed by atoms with Gasteiger partial charge in [0.1, 0.15) is 5.75 Å². The standard InChI is InChI=1S/C18H24N2O4.ClH/c1-23-17(21)11-24-14-8-6-13(7-9-14)19-18(22)16-10-12-4-2-3-5-15(12)20-16;/h6-9,12,15-16,20H,2-5,10-11H2,1H3,(H,19,22);1H. The van der Waals surface area contributed by atoms with Crippen LogP contribution in [0.25, 0.3) is 0 Å². The van der Waals surface area contributed by atoms with Crippen molar-refractivity contribution in [3.8, 4) is 5.75 Å². The van der Waals surface area contributed by atoms with E-state index in [0.717, 1.165) is 12.1 Å². The summed E-state index contributed by atoms with van der Waals surface area (Å²) < 4.78 is 9.80. The van der Waals surface area contributed by atoms with Crippen molar-refractivity contribution >= 4 is 30.0 Å². The van der Waals surface area contributed by atoms with Gasteiger partial charge in [-0.2, -0.15) is 0 Å². The third kappa shape index (κ3) is 5.09. The van der Waals surface area contributed by atoms with E-state index < -0.39 is 5.97 Å². The first kappa shape index (κ1) is 19.5. The third-order valence-corrected chi connectivity index (χ3v) is 4.89. The number of amides is 1. The lowest BCUT2D eigenvalue weighted by molar-refractivity contribution is -0.142. The lowest BCUT2D eigenvalue weighted by Gasteiger charge is -2.24. The number of carbonyl (C=O) groups is 2. The third-order valence-electron chi connectivity index (χ3n) is 4.89. The molecule has 0 bridgehead atoms. The van der Waals surface area contributed by atoms with Gasteiger partial charge in [-0.15, -0.1) is 12.4 Å². The zero-order chi connectivity index (χ0) is 16.9. The fourth-order valence-electron chi connectivity index (χ4n) is 3.59. The molecule has 1 aliphatic heterocycles. The molecule has 0 spiro atoms. The molecule has 1 aromatic carbocycles. The number of ether oxygens (including phenoxy) is 2. The summed E-state index contributed by atoms with van der Waals surface area (Å²) in [5.41, 5.74) is 0.724. The summed E-state index contributed by atoms with van der Waals surface area (Å²) in [5.74, 6) is 0.792. The number of fused-ring (bicyclic) bond motifs is 1. The summed E-state index contributed by atoms with van der Waals surface area (Å²) in [4.78, 5) is 23.5. The van der Waals surface area contributed by atoms with E-state index in [1.807, 2.05) is 0 Å². The maximum absolute atomic E-state index is 12.4. The number of carbonyl (C=O) groups excluding carboxylic acids is 2. The summed E-state index contributed by atoms with van der Waals surface area (Å²) in [7, 11) is 1.32. The van der Waals surface area contributed by atoms with Crippen LogP contribution in [0.1, 0.15) is 32.1 Å². The van der Waals surface area contributed by atoms with Gasteiger partial charge in [-0.3, -0.25) is 4.79 Å². The van der Waals surface area contributed by atoms with Gasteiger partial charge in [0.05, 0.1) is 13.2 Å². The molecule has 138 valence electrons. The van der Waals surface area contributed by atoms with E-state index in [1.165, 1.54) is 32.8 Å². The molecular formula is C18H25ClN2O4. The molecule has 25 heavy (non-hydrogen) atoms. The van der Waals surface area contributed by atoms with Crippen molar-refractivity contribution in [2.75, 3.05) is 19.0 Å². The zero-order valence-corrected chi connectivity index (χ0v) is 15.1. The van der Waals surface area contributed by atoms with Crippen molar-refractivity contribution in [2.24, 2.45) is 5.92 Å². The first-order valence-corrected chi connectivity index (χ1v) is 8.52. The molecule has 2 fully saturated rings. The largest absolute Gasteiger partial charge is 0.482 e. The van der Waals surface area contributed by atoms with Gasteiger partial charge in [-0.25, -0.2) is 4.79 Å². The van der Waals surface area contributed by atoms with E-state index in [1.54, 1.807) is 24.3 Å². The average molecular weight is 369 g/mol. The van der Waals surface area contributed by atoms with Gasteiger partial charge >= 0.3 is 5.97 Å². The monoisotopic (exact) mass is 368 g/mol. The van der Waals surface area contributed by atoms with Gasteiger partial charge in [0, 0.05) is 11.7 Å². The Morgan fingerprint density at radius 2 is 1.92 bits per heavy atom. The highest BCUT2D eigenvalue weighted by atomic mass is 35.5. The number of halogens is 1. The first-order chi connectivity index (χ1) is 11.7. The number of esters is 1. The maximum atomic E-state index is 12.4. The van der Waals surface area contributed by atoms with E-state index >= 15 is 0 Å². The number of benzene rings is 1. The van der Waals surface area contributed by atoms with E-state index in [4.69, 9.17) is 4.74 Å². The topological polar surface area (TPSA) is 76.7 Å². The van der Waals surface area contributed by atoms with Gasteiger partial charge in [0.15, 0.2) is 6.61 Å². The van der Waals surface area contributed by atoms with Gasteiger partial charge in [0.25, 0.3) is 0 Å². The van der Waals surface area contributed by atoms with Crippen LogP contribution in [0.3, 0.4) is 0 Å². The molecule has 6 nitrogen and oxygen atoms in total. The zero-order valence-electron chi connectivity index (χ0n) is 14.3. The van der Waals surface area contributed by atoms with Crippen molar-refractivity contribution < 1.29 is 19.1 Å². The quantitative estimate of drug-likeness (QED) is 0.781. The number of rotatable bonds is 5. The highest BCUT2D eigenvalue weighted by molar-refractivity contribution is 5.95. The molecule has 1 saturated heterocycles. The van der Waals surface area contributed by atoms with Crippen molar-refractivity contribution in [1.29, 1.82) is 0 Å². The van der Waals surface area contributed by atoms with Crippen LogP contribution in [0, 0.1) is 5.92 Å². The Kier molecular flexibility index (Phi) is 7.08. The van der Waals surface area contributed by atoms with E-state index in [0.29, 0.717) is 17.7 Å². The van der Waals surface area contributed by atoms with Crippen LogP contribution >= 0.6 is 12.4 Å². The number of anilines is 1. The van der Waals surface area contributed by atoms with Gasteiger partial charge in [-0.05, 0) is 49.4 Å². The van der Waals surface area contributed by atoms with Crippen LogP contribution in [0.5, 0.6) is 5.75 Å². The minimum atomic E-state index is -0.429. The molecule has 1 aromatic rings.